The van der Waals surface area contributed by atoms with E-state index in [1.807, 2.05) is 37.6 Å². The molecule has 0 bridgehead atoms. The van der Waals surface area contributed by atoms with Crippen LogP contribution in [0.25, 0.3) is 22.0 Å². The van der Waals surface area contributed by atoms with Gasteiger partial charge in [-0.1, -0.05) is 6.07 Å². The lowest BCUT2D eigenvalue weighted by molar-refractivity contribution is -0.117. The van der Waals surface area contributed by atoms with Gasteiger partial charge in [-0.05, 0) is 68.0 Å². The van der Waals surface area contributed by atoms with E-state index in [2.05, 4.69) is 31.6 Å². The fraction of sp³-hybridized carbons (Fsp3) is 0.429. The summed E-state index contributed by atoms with van der Waals surface area (Å²) in [7, 11) is 1.90. The first-order valence-corrected chi connectivity index (χ1v) is 9.87. The van der Waals surface area contributed by atoms with E-state index in [4.69, 9.17) is 0 Å². The minimum atomic E-state index is -0.0242. The zero-order valence-electron chi connectivity index (χ0n) is 16.1. The Morgan fingerprint density at radius 3 is 2.64 bits per heavy atom. The zero-order chi connectivity index (χ0) is 19.1. The fourth-order valence-corrected chi connectivity index (χ4v) is 4.10. The Balaban J connectivity index is 1.28. The maximum atomic E-state index is 12.5. The first-order valence-electron chi connectivity index (χ1n) is 9.87. The Labute approximate surface area is 163 Å². The van der Waals surface area contributed by atoms with Gasteiger partial charge in [-0.15, -0.1) is 10.2 Å². The lowest BCUT2D eigenvalue weighted by Crippen LogP contribution is -2.39. The van der Waals surface area contributed by atoms with Gasteiger partial charge in [0.25, 0.3) is 0 Å². The van der Waals surface area contributed by atoms with Crippen LogP contribution in [-0.4, -0.2) is 50.4 Å². The molecule has 1 aliphatic carbocycles. The standard InChI is InChI=1S/C21H24N6O/c1-26-13-17(12-22-26)15-2-3-18-16(10-15)11-19(25-24-18)23-20(28)14-27-8-6-21(4-5-21)7-9-27/h2-3,10-13H,4-9,14H2,1H3,(H,23,25,28). The number of nitrogens with one attached hydrogen (secondary N) is 1. The Bertz CT molecular complexity index is 1030. The van der Waals surface area contributed by atoms with Gasteiger partial charge in [-0.2, -0.15) is 5.10 Å². The molecule has 1 aliphatic heterocycles. The first-order chi connectivity index (χ1) is 13.6. The molecule has 7 nitrogen and oxygen atoms in total. The predicted molar refractivity (Wildman–Crippen MR) is 108 cm³/mol. The van der Waals surface area contributed by atoms with Crippen molar-refractivity contribution in [2.45, 2.75) is 25.7 Å². The summed E-state index contributed by atoms with van der Waals surface area (Å²) < 4.78 is 1.78. The third kappa shape index (κ3) is 3.49. The SMILES string of the molecule is Cn1cc(-c2ccc3nnc(NC(=O)CN4CCC5(CC4)CC5)cc3c2)cn1. The average Bonchev–Trinajstić information content (AvgIpc) is 3.31. The number of carbonyl (C=O) groups is 1. The zero-order valence-corrected chi connectivity index (χ0v) is 16.1. The number of nitrogens with zero attached hydrogens (tertiary/aromatic N) is 5. The Morgan fingerprint density at radius 2 is 1.93 bits per heavy atom. The number of aromatic nitrogens is 4. The van der Waals surface area contributed by atoms with E-state index in [1.165, 1.54) is 25.7 Å². The van der Waals surface area contributed by atoms with Crippen molar-refractivity contribution in [3.8, 4) is 11.1 Å². The van der Waals surface area contributed by atoms with Crippen LogP contribution in [0.3, 0.4) is 0 Å². The molecule has 1 spiro atoms. The van der Waals surface area contributed by atoms with Crippen LogP contribution >= 0.6 is 0 Å². The highest BCUT2D eigenvalue weighted by Gasteiger charge is 2.44. The second kappa shape index (κ2) is 6.67. The van der Waals surface area contributed by atoms with E-state index >= 15 is 0 Å². The Kier molecular flexibility index (Phi) is 4.12. The molecule has 7 heteroatoms. The molecule has 1 amide bonds. The Morgan fingerprint density at radius 1 is 1.11 bits per heavy atom. The number of amides is 1. The van der Waals surface area contributed by atoms with Gasteiger partial charge in [0.2, 0.25) is 5.91 Å². The largest absolute Gasteiger partial charge is 0.308 e. The van der Waals surface area contributed by atoms with Crippen molar-refractivity contribution in [1.29, 1.82) is 0 Å². The number of aryl methyl sites for hydroxylation is 1. The number of fused-ring (bicyclic) bond motifs is 1. The molecule has 1 N–H and O–H groups in total. The third-order valence-electron chi connectivity index (χ3n) is 6.13. The number of likely N-dealkylation sites (tertiary alicyclic amines) is 1. The van der Waals surface area contributed by atoms with Crippen LogP contribution in [0.5, 0.6) is 0 Å². The lowest BCUT2D eigenvalue weighted by atomic mass is 9.94. The molecule has 5 rings (SSSR count). The van der Waals surface area contributed by atoms with Gasteiger partial charge in [-0.3, -0.25) is 14.4 Å². The van der Waals surface area contributed by atoms with Gasteiger partial charge >= 0.3 is 0 Å². The molecule has 0 radical (unpaired) electrons. The van der Waals surface area contributed by atoms with Crippen molar-refractivity contribution in [2.75, 3.05) is 25.0 Å². The molecule has 3 heterocycles. The molecule has 1 aromatic carbocycles. The molecule has 1 saturated heterocycles. The highest BCUT2D eigenvalue weighted by molar-refractivity contribution is 5.93. The number of rotatable bonds is 4. The second-order valence-corrected chi connectivity index (χ2v) is 8.23. The maximum absolute atomic E-state index is 12.5. The highest BCUT2D eigenvalue weighted by Crippen LogP contribution is 2.53. The van der Waals surface area contributed by atoms with Crippen molar-refractivity contribution < 1.29 is 4.79 Å². The summed E-state index contributed by atoms with van der Waals surface area (Å²) in [6.45, 7) is 2.46. The summed E-state index contributed by atoms with van der Waals surface area (Å²) in [5.74, 6) is 0.473. The molecule has 28 heavy (non-hydrogen) atoms. The number of hydrogen-bond donors (Lipinski definition) is 1. The van der Waals surface area contributed by atoms with E-state index in [1.54, 1.807) is 4.68 Å². The molecule has 1 saturated carbocycles. The van der Waals surface area contributed by atoms with E-state index in [-0.39, 0.29) is 5.91 Å². The van der Waals surface area contributed by atoms with Gasteiger partial charge in [-0.25, -0.2) is 0 Å². The monoisotopic (exact) mass is 376 g/mol. The number of piperidine rings is 1. The molecule has 2 aliphatic rings. The van der Waals surface area contributed by atoms with Crippen LogP contribution < -0.4 is 5.32 Å². The van der Waals surface area contributed by atoms with Crippen LogP contribution in [-0.2, 0) is 11.8 Å². The molecule has 2 aromatic heterocycles. The quantitative estimate of drug-likeness (QED) is 0.758. The predicted octanol–water partition coefficient (Wildman–Crippen LogP) is 2.84. The van der Waals surface area contributed by atoms with E-state index in [0.29, 0.717) is 17.8 Å². The molecule has 0 atom stereocenters. The summed E-state index contributed by atoms with van der Waals surface area (Å²) >= 11 is 0. The van der Waals surface area contributed by atoms with Gasteiger partial charge < -0.3 is 5.32 Å². The minimum Gasteiger partial charge on any atom is -0.308 e. The van der Waals surface area contributed by atoms with Crippen LogP contribution in [0, 0.1) is 5.41 Å². The normalized spacial score (nSPS) is 18.5. The number of anilines is 1. The average molecular weight is 376 g/mol. The van der Waals surface area contributed by atoms with Crippen LogP contribution in [0.2, 0.25) is 0 Å². The molecule has 0 unspecified atom stereocenters. The topological polar surface area (TPSA) is 75.9 Å². The highest BCUT2D eigenvalue weighted by atomic mass is 16.2. The fourth-order valence-electron chi connectivity index (χ4n) is 4.10. The first kappa shape index (κ1) is 17.3. The summed E-state index contributed by atoms with van der Waals surface area (Å²) in [5, 5.41) is 16.5. The van der Waals surface area contributed by atoms with Crippen molar-refractivity contribution in [1.82, 2.24) is 24.9 Å². The summed E-state index contributed by atoms with van der Waals surface area (Å²) in [6.07, 6.45) is 9.02. The molecular weight excluding hydrogens is 352 g/mol. The van der Waals surface area contributed by atoms with Gasteiger partial charge in [0.1, 0.15) is 0 Å². The smallest absolute Gasteiger partial charge is 0.239 e. The number of benzene rings is 1. The van der Waals surface area contributed by atoms with Crippen molar-refractivity contribution in [2.24, 2.45) is 12.5 Å². The molecule has 144 valence electrons. The third-order valence-corrected chi connectivity index (χ3v) is 6.13. The molecule has 2 fully saturated rings. The second-order valence-electron chi connectivity index (χ2n) is 8.23. The summed E-state index contributed by atoms with van der Waals surface area (Å²) in [6, 6.07) is 7.89. The minimum absolute atomic E-state index is 0.0242. The maximum Gasteiger partial charge on any atom is 0.239 e. The Hall–Kier alpha value is -2.80. The van der Waals surface area contributed by atoms with Crippen LogP contribution in [0.1, 0.15) is 25.7 Å². The van der Waals surface area contributed by atoms with Gasteiger partial charge in [0.05, 0.1) is 18.3 Å². The van der Waals surface area contributed by atoms with Crippen LogP contribution in [0.4, 0.5) is 5.82 Å². The molecular formula is C21H24N6O. The van der Waals surface area contributed by atoms with Crippen LogP contribution in [0.15, 0.2) is 36.7 Å². The lowest BCUT2D eigenvalue weighted by Gasteiger charge is -2.31. The van der Waals surface area contributed by atoms with Crippen molar-refractivity contribution in [3.63, 3.8) is 0 Å². The number of carbonyl (C=O) groups excluding carboxylic acids is 1. The molecule has 3 aromatic rings. The van der Waals surface area contributed by atoms with Gasteiger partial charge in [0.15, 0.2) is 5.82 Å². The van der Waals surface area contributed by atoms with E-state index < -0.39 is 0 Å². The van der Waals surface area contributed by atoms with Gasteiger partial charge in [0, 0.05) is 24.2 Å². The van der Waals surface area contributed by atoms with E-state index in [9.17, 15) is 4.79 Å². The van der Waals surface area contributed by atoms with Crippen molar-refractivity contribution in [3.05, 3.63) is 36.7 Å². The van der Waals surface area contributed by atoms with E-state index in [0.717, 1.165) is 35.1 Å². The number of hydrogen-bond acceptors (Lipinski definition) is 5. The summed E-state index contributed by atoms with van der Waals surface area (Å²) in [5.41, 5.74) is 3.54. The van der Waals surface area contributed by atoms with Crippen molar-refractivity contribution >= 4 is 22.6 Å². The summed E-state index contributed by atoms with van der Waals surface area (Å²) in [4.78, 5) is 14.7.